The first-order valence-corrected chi connectivity index (χ1v) is 12.6. The van der Waals surface area contributed by atoms with E-state index in [1.54, 1.807) is 30.5 Å². The SMILES string of the molecule is O=S(=O)(c1ccccc1)n1ccc2c(CN3CCNCC3)c(OCc3ccccc3)ccc21. The van der Waals surface area contributed by atoms with Crippen LogP contribution in [0.1, 0.15) is 11.1 Å². The van der Waals surface area contributed by atoms with Gasteiger partial charge in [0.25, 0.3) is 10.0 Å². The van der Waals surface area contributed by atoms with Gasteiger partial charge in [-0.1, -0.05) is 48.5 Å². The second-order valence-electron chi connectivity index (χ2n) is 8.21. The lowest BCUT2D eigenvalue weighted by Gasteiger charge is -2.28. The fraction of sp³-hybridized carbons (Fsp3) is 0.231. The van der Waals surface area contributed by atoms with Crippen LogP contribution < -0.4 is 10.1 Å². The van der Waals surface area contributed by atoms with Gasteiger partial charge in [0.05, 0.1) is 10.4 Å². The minimum atomic E-state index is -3.69. The maximum absolute atomic E-state index is 13.3. The fourth-order valence-electron chi connectivity index (χ4n) is 4.28. The van der Waals surface area contributed by atoms with Gasteiger partial charge in [0.2, 0.25) is 0 Å². The number of benzene rings is 3. The van der Waals surface area contributed by atoms with Crippen molar-refractivity contribution in [2.45, 2.75) is 18.0 Å². The van der Waals surface area contributed by atoms with Gasteiger partial charge in [-0.2, -0.15) is 0 Å². The third-order valence-electron chi connectivity index (χ3n) is 6.03. The van der Waals surface area contributed by atoms with Crippen LogP contribution in [0.15, 0.2) is 90.0 Å². The van der Waals surface area contributed by atoms with Crippen molar-refractivity contribution in [3.63, 3.8) is 0 Å². The van der Waals surface area contributed by atoms with E-state index in [2.05, 4.69) is 10.2 Å². The molecule has 0 amide bonds. The molecular formula is C26H27N3O3S. The van der Waals surface area contributed by atoms with Crippen molar-refractivity contribution in [1.29, 1.82) is 0 Å². The smallest absolute Gasteiger partial charge is 0.268 e. The molecule has 5 rings (SSSR count). The molecule has 3 aromatic carbocycles. The standard InChI is InChI=1S/C26H27N3O3S/c30-33(31,22-9-5-2-6-10-22)29-16-13-23-24(19-28-17-14-27-15-18-28)26(12-11-25(23)29)32-20-21-7-3-1-4-8-21/h1-13,16,27H,14-15,17-20H2. The van der Waals surface area contributed by atoms with E-state index in [-0.39, 0.29) is 4.90 Å². The van der Waals surface area contributed by atoms with Gasteiger partial charge >= 0.3 is 0 Å². The lowest BCUT2D eigenvalue weighted by Crippen LogP contribution is -2.42. The van der Waals surface area contributed by atoms with Gasteiger partial charge in [0.1, 0.15) is 12.4 Å². The van der Waals surface area contributed by atoms with Crippen LogP contribution in [0.25, 0.3) is 10.9 Å². The average molecular weight is 462 g/mol. The molecule has 1 fully saturated rings. The number of hydrogen-bond acceptors (Lipinski definition) is 5. The van der Waals surface area contributed by atoms with Gasteiger partial charge in [-0.05, 0) is 35.9 Å². The summed E-state index contributed by atoms with van der Waals surface area (Å²) in [6.45, 7) is 4.94. The number of fused-ring (bicyclic) bond motifs is 1. The van der Waals surface area contributed by atoms with Gasteiger partial charge < -0.3 is 10.1 Å². The van der Waals surface area contributed by atoms with E-state index in [1.807, 2.05) is 54.6 Å². The molecule has 0 saturated carbocycles. The van der Waals surface area contributed by atoms with E-state index >= 15 is 0 Å². The van der Waals surface area contributed by atoms with Crippen LogP contribution in [-0.2, 0) is 23.2 Å². The Balaban J connectivity index is 1.55. The molecule has 1 N–H and O–H groups in total. The van der Waals surface area contributed by atoms with Crippen LogP contribution in [0.3, 0.4) is 0 Å². The van der Waals surface area contributed by atoms with E-state index in [9.17, 15) is 8.42 Å². The second kappa shape index (κ2) is 9.39. The molecule has 4 aromatic rings. The van der Waals surface area contributed by atoms with Gasteiger partial charge in [0.15, 0.2) is 0 Å². The molecule has 0 spiro atoms. The van der Waals surface area contributed by atoms with Crippen molar-refractivity contribution in [2.24, 2.45) is 0 Å². The van der Waals surface area contributed by atoms with Crippen molar-refractivity contribution in [3.8, 4) is 5.75 Å². The van der Waals surface area contributed by atoms with Gasteiger partial charge in [0, 0.05) is 49.9 Å². The number of rotatable bonds is 7. The summed E-state index contributed by atoms with van der Waals surface area (Å²) in [6, 6.07) is 24.2. The van der Waals surface area contributed by atoms with E-state index in [0.717, 1.165) is 48.4 Å². The Morgan fingerprint density at radius 2 is 1.55 bits per heavy atom. The van der Waals surface area contributed by atoms with Crippen molar-refractivity contribution >= 4 is 20.9 Å². The molecule has 7 heteroatoms. The Kier molecular flexibility index (Phi) is 6.17. The summed E-state index contributed by atoms with van der Waals surface area (Å²) in [5, 5.41) is 4.29. The summed E-state index contributed by atoms with van der Waals surface area (Å²) >= 11 is 0. The highest BCUT2D eigenvalue weighted by atomic mass is 32.2. The summed E-state index contributed by atoms with van der Waals surface area (Å²) in [7, 11) is -3.69. The molecule has 0 radical (unpaired) electrons. The number of piperazine rings is 1. The third-order valence-corrected chi connectivity index (χ3v) is 7.74. The molecule has 0 atom stereocenters. The topological polar surface area (TPSA) is 63.6 Å². The van der Waals surface area contributed by atoms with Crippen molar-refractivity contribution < 1.29 is 13.2 Å². The summed E-state index contributed by atoms with van der Waals surface area (Å²) < 4.78 is 34.3. The Labute approximate surface area is 194 Å². The number of ether oxygens (including phenoxy) is 1. The lowest BCUT2D eigenvalue weighted by molar-refractivity contribution is 0.227. The predicted molar refractivity (Wildman–Crippen MR) is 130 cm³/mol. The Hall–Kier alpha value is -3.13. The quantitative estimate of drug-likeness (QED) is 0.453. The monoisotopic (exact) mass is 461 g/mol. The highest BCUT2D eigenvalue weighted by Gasteiger charge is 2.22. The summed E-state index contributed by atoms with van der Waals surface area (Å²) in [5.74, 6) is 0.791. The lowest BCUT2D eigenvalue weighted by atomic mass is 10.1. The Bertz CT molecular complexity index is 1330. The molecule has 0 aliphatic carbocycles. The first-order chi connectivity index (χ1) is 16.1. The Morgan fingerprint density at radius 1 is 0.848 bits per heavy atom. The molecule has 1 aliphatic heterocycles. The largest absolute Gasteiger partial charge is 0.489 e. The molecule has 6 nitrogen and oxygen atoms in total. The van der Waals surface area contributed by atoms with Crippen LogP contribution in [0.5, 0.6) is 5.75 Å². The molecule has 2 heterocycles. The molecule has 1 aliphatic rings. The minimum absolute atomic E-state index is 0.274. The van der Waals surface area contributed by atoms with Crippen LogP contribution >= 0.6 is 0 Å². The third kappa shape index (κ3) is 4.53. The van der Waals surface area contributed by atoms with E-state index < -0.39 is 10.0 Å². The first-order valence-electron chi connectivity index (χ1n) is 11.2. The average Bonchev–Trinajstić information content (AvgIpc) is 3.31. The van der Waals surface area contributed by atoms with Crippen molar-refractivity contribution in [3.05, 3.63) is 96.2 Å². The van der Waals surface area contributed by atoms with E-state index in [0.29, 0.717) is 18.7 Å². The molecular weight excluding hydrogens is 434 g/mol. The number of nitrogens with zero attached hydrogens (tertiary/aromatic N) is 2. The minimum Gasteiger partial charge on any atom is -0.489 e. The zero-order chi connectivity index (χ0) is 22.7. The second-order valence-corrected chi connectivity index (χ2v) is 10.0. The zero-order valence-corrected chi connectivity index (χ0v) is 19.2. The number of nitrogens with one attached hydrogen (secondary N) is 1. The van der Waals surface area contributed by atoms with Crippen molar-refractivity contribution in [2.75, 3.05) is 26.2 Å². The molecule has 0 unspecified atom stereocenters. The molecule has 33 heavy (non-hydrogen) atoms. The number of aromatic nitrogens is 1. The normalized spacial score (nSPS) is 15.0. The van der Waals surface area contributed by atoms with Gasteiger partial charge in [-0.15, -0.1) is 0 Å². The van der Waals surface area contributed by atoms with Crippen LogP contribution in [0.2, 0.25) is 0 Å². The van der Waals surface area contributed by atoms with Gasteiger partial charge in [-0.3, -0.25) is 4.90 Å². The summed E-state index contributed by atoms with van der Waals surface area (Å²) in [6.07, 6.45) is 1.65. The molecule has 1 saturated heterocycles. The summed E-state index contributed by atoms with van der Waals surface area (Å²) in [4.78, 5) is 2.65. The first kappa shape index (κ1) is 21.7. The molecule has 0 bridgehead atoms. The van der Waals surface area contributed by atoms with Crippen LogP contribution in [0, 0.1) is 0 Å². The zero-order valence-electron chi connectivity index (χ0n) is 18.4. The van der Waals surface area contributed by atoms with Gasteiger partial charge in [-0.25, -0.2) is 12.4 Å². The predicted octanol–water partition coefficient (Wildman–Crippen LogP) is 3.86. The van der Waals surface area contributed by atoms with E-state index in [4.69, 9.17) is 4.74 Å². The fourth-order valence-corrected chi connectivity index (χ4v) is 5.64. The maximum Gasteiger partial charge on any atom is 0.268 e. The highest BCUT2D eigenvalue weighted by Crippen LogP contribution is 2.32. The highest BCUT2D eigenvalue weighted by molar-refractivity contribution is 7.90. The molecule has 170 valence electrons. The Morgan fingerprint density at radius 3 is 2.27 bits per heavy atom. The van der Waals surface area contributed by atoms with Crippen molar-refractivity contribution in [1.82, 2.24) is 14.2 Å². The maximum atomic E-state index is 13.3. The van der Waals surface area contributed by atoms with Crippen LogP contribution in [-0.4, -0.2) is 43.5 Å². The summed E-state index contributed by atoms with van der Waals surface area (Å²) in [5.41, 5.74) is 2.78. The van der Waals surface area contributed by atoms with E-state index in [1.165, 1.54) is 3.97 Å². The number of hydrogen-bond donors (Lipinski definition) is 1. The molecule has 1 aromatic heterocycles. The van der Waals surface area contributed by atoms with Crippen LogP contribution in [0.4, 0.5) is 0 Å².